The number of carboxylic acid groups (broad SMARTS) is 1. The molecule has 0 aromatic carbocycles. The summed E-state index contributed by atoms with van der Waals surface area (Å²) in [5.74, 6) is -0.524. The molecule has 0 spiro atoms. The Morgan fingerprint density at radius 1 is 1.50 bits per heavy atom. The van der Waals surface area contributed by atoms with Crippen molar-refractivity contribution in [1.82, 2.24) is 4.90 Å². The SMILES string of the molecule is CCC(C(N)=O)N1CCCC(C(C)CC(=O)O)C1. The summed E-state index contributed by atoms with van der Waals surface area (Å²) < 4.78 is 0. The minimum absolute atomic E-state index is 0.149. The van der Waals surface area contributed by atoms with Crippen LogP contribution in [-0.2, 0) is 9.59 Å². The van der Waals surface area contributed by atoms with Gasteiger partial charge in [0.05, 0.1) is 6.04 Å². The Morgan fingerprint density at radius 3 is 2.67 bits per heavy atom. The van der Waals surface area contributed by atoms with Crippen LogP contribution in [0.15, 0.2) is 0 Å². The molecule has 5 heteroatoms. The summed E-state index contributed by atoms with van der Waals surface area (Å²) in [6.45, 7) is 5.61. The van der Waals surface area contributed by atoms with Crippen LogP contribution in [0.25, 0.3) is 0 Å². The average molecular weight is 256 g/mol. The van der Waals surface area contributed by atoms with E-state index in [4.69, 9.17) is 10.8 Å². The fraction of sp³-hybridized carbons (Fsp3) is 0.846. The van der Waals surface area contributed by atoms with Crippen LogP contribution in [0, 0.1) is 11.8 Å². The summed E-state index contributed by atoms with van der Waals surface area (Å²) in [6, 6.07) is -0.204. The van der Waals surface area contributed by atoms with E-state index < -0.39 is 5.97 Å². The van der Waals surface area contributed by atoms with Gasteiger partial charge in [-0.1, -0.05) is 13.8 Å². The first-order valence-corrected chi connectivity index (χ1v) is 6.70. The van der Waals surface area contributed by atoms with Gasteiger partial charge in [-0.15, -0.1) is 0 Å². The number of nitrogens with two attached hydrogens (primary N) is 1. The number of hydrogen-bond donors (Lipinski definition) is 2. The highest BCUT2D eigenvalue weighted by atomic mass is 16.4. The Morgan fingerprint density at radius 2 is 2.17 bits per heavy atom. The van der Waals surface area contributed by atoms with Crippen molar-refractivity contribution >= 4 is 11.9 Å². The second-order valence-corrected chi connectivity index (χ2v) is 5.30. The fourth-order valence-corrected chi connectivity index (χ4v) is 2.87. The maximum Gasteiger partial charge on any atom is 0.303 e. The first-order valence-electron chi connectivity index (χ1n) is 6.70. The molecule has 0 aromatic rings. The lowest BCUT2D eigenvalue weighted by atomic mass is 9.84. The first kappa shape index (κ1) is 15.0. The predicted octanol–water partition coefficient (Wildman–Crippen LogP) is 1.07. The molecule has 0 bridgehead atoms. The number of carboxylic acids is 1. The van der Waals surface area contributed by atoms with Crippen molar-refractivity contribution in [3.05, 3.63) is 0 Å². The lowest BCUT2D eigenvalue weighted by molar-refractivity contribution is -0.138. The smallest absolute Gasteiger partial charge is 0.303 e. The minimum Gasteiger partial charge on any atom is -0.481 e. The van der Waals surface area contributed by atoms with Crippen LogP contribution >= 0.6 is 0 Å². The van der Waals surface area contributed by atoms with Crippen LogP contribution in [-0.4, -0.2) is 41.0 Å². The minimum atomic E-state index is -0.749. The molecule has 3 N–H and O–H groups in total. The molecule has 0 radical (unpaired) electrons. The van der Waals surface area contributed by atoms with Crippen molar-refractivity contribution in [2.24, 2.45) is 17.6 Å². The van der Waals surface area contributed by atoms with E-state index in [1.165, 1.54) is 0 Å². The van der Waals surface area contributed by atoms with Gasteiger partial charge in [0, 0.05) is 13.0 Å². The highest BCUT2D eigenvalue weighted by Gasteiger charge is 2.30. The highest BCUT2D eigenvalue weighted by Crippen LogP contribution is 2.27. The third-order valence-electron chi connectivity index (χ3n) is 3.95. The van der Waals surface area contributed by atoms with Crippen LogP contribution < -0.4 is 5.73 Å². The molecule has 1 fully saturated rings. The highest BCUT2D eigenvalue weighted by molar-refractivity contribution is 5.79. The van der Waals surface area contributed by atoms with Gasteiger partial charge >= 0.3 is 5.97 Å². The van der Waals surface area contributed by atoms with Gasteiger partial charge in [0.25, 0.3) is 0 Å². The van der Waals surface area contributed by atoms with E-state index in [1.54, 1.807) is 0 Å². The zero-order chi connectivity index (χ0) is 13.7. The molecular formula is C13H24N2O3. The molecule has 104 valence electrons. The van der Waals surface area contributed by atoms with E-state index in [9.17, 15) is 9.59 Å². The van der Waals surface area contributed by atoms with Gasteiger partial charge in [-0.2, -0.15) is 0 Å². The third-order valence-corrected chi connectivity index (χ3v) is 3.95. The molecule has 1 amide bonds. The maximum absolute atomic E-state index is 11.4. The summed E-state index contributed by atoms with van der Waals surface area (Å²) in [7, 11) is 0. The average Bonchev–Trinajstić information content (AvgIpc) is 2.29. The molecule has 1 rings (SSSR count). The van der Waals surface area contributed by atoms with E-state index in [-0.39, 0.29) is 24.3 Å². The van der Waals surface area contributed by atoms with Gasteiger partial charge in [0.2, 0.25) is 5.91 Å². The number of aliphatic carboxylic acids is 1. The molecule has 1 heterocycles. The van der Waals surface area contributed by atoms with Crippen molar-refractivity contribution in [2.45, 2.75) is 45.6 Å². The normalized spacial score (nSPS) is 24.4. The zero-order valence-electron chi connectivity index (χ0n) is 11.3. The summed E-state index contributed by atoms with van der Waals surface area (Å²) in [4.78, 5) is 24.2. The van der Waals surface area contributed by atoms with E-state index in [1.807, 2.05) is 13.8 Å². The van der Waals surface area contributed by atoms with Gasteiger partial charge in [-0.05, 0) is 37.6 Å². The van der Waals surface area contributed by atoms with Crippen LogP contribution in [0.4, 0.5) is 0 Å². The third kappa shape index (κ3) is 3.98. The molecule has 5 nitrogen and oxygen atoms in total. The standard InChI is InChI=1S/C13H24N2O3/c1-3-11(13(14)18)15-6-4-5-10(8-15)9(2)7-12(16)17/h9-11H,3-8H2,1-2H3,(H2,14,18)(H,16,17). The lowest BCUT2D eigenvalue weighted by Crippen LogP contribution is -2.49. The number of primary amides is 1. The number of nitrogens with zero attached hydrogens (tertiary/aromatic N) is 1. The second-order valence-electron chi connectivity index (χ2n) is 5.30. The number of carbonyl (C=O) groups is 2. The van der Waals surface area contributed by atoms with Gasteiger partial charge < -0.3 is 10.8 Å². The van der Waals surface area contributed by atoms with E-state index in [2.05, 4.69) is 4.90 Å². The van der Waals surface area contributed by atoms with Crippen LogP contribution in [0.2, 0.25) is 0 Å². The Hall–Kier alpha value is -1.10. The number of piperidine rings is 1. The number of carbonyl (C=O) groups excluding carboxylic acids is 1. The number of rotatable bonds is 6. The van der Waals surface area contributed by atoms with Crippen molar-refractivity contribution in [3.63, 3.8) is 0 Å². The van der Waals surface area contributed by atoms with Crippen LogP contribution in [0.5, 0.6) is 0 Å². The first-order chi connectivity index (χ1) is 8.45. The number of amides is 1. The Labute approximate surface area is 108 Å². The van der Waals surface area contributed by atoms with Gasteiger partial charge in [0.15, 0.2) is 0 Å². The summed E-state index contributed by atoms with van der Waals surface area (Å²) in [6.07, 6.45) is 2.97. The van der Waals surface area contributed by atoms with Gasteiger partial charge in [-0.25, -0.2) is 0 Å². The summed E-state index contributed by atoms with van der Waals surface area (Å²) >= 11 is 0. The topological polar surface area (TPSA) is 83.6 Å². The van der Waals surface area contributed by atoms with Gasteiger partial charge in [-0.3, -0.25) is 14.5 Å². The van der Waals surface area contributed by atoms with Crippen LogP contribution in [0.3, 0.4) is 0 Å². The molecule has 1 aliphatic rings. The number of likely N-dealkylation sites (tertiary alicyclic amines) is 1. The molecule has 3 unspecified atom stereocenters. The van der Waals surface area contributed by atoms with Gasteiger partial charge in [0.1, 0.15) is 0 Å². The van der Waals surface area contributed by atoms with Crippen molar-refractivity contribution in [2.75, 3.05) is 13.1 Å². The van der Waals surface area contributed by atoms with Crippen molar-refractivity contribution in [1.29, 1.82) is 0 Å². The molecule has 1 aliphatic heterocycles. The summed E-state index contributed by atoms with van der Waals surface area (Å²) in [5.41, 5.74) is 5.41. The molecule has 3 atom stereocenters. The Balaban J connectivity index is 2.59. The largest absolute Gasteiger partial charge is 0.481 e. The monoisotopic (exact) mass is 256 g/mol. The van der Waals surface area contributed by atoms with Crippen LogP contribution in [0.1, 0.15) is 39.5 Å². The zero-order valence-corrected chi connectivity index (χ0v) is 11.3. The Kier molecular flexibility index (Phi) is 5.59. The predicted molar refractivity (Wildman–Crippen MR) is 69.0 cm³/mol. The molecule has 18 heavy (non-hydrogen) atoms. The lowest BCUT2D eigenvalue weighted by Gasteiger charge is -2.38. The molecular weight excluding hydrogens is 232 g/mol. The van der Waals surface area contributed by atoms with E-state index in [0.29, 0.717) is 5.92 Å². The van der Waals surface area contributed by atoms with E-state index in [0.717, 1.165) is 32.4 Å². The Bertz CT molecular complexity index is 307. The number of hydrogen-bond acceptors (Lipinski definition) is 3. The summed E-state index contributed by atoms with van der Waals surface area (Å²) in [5, 5.41) is 8.84. The fourth-order valence-electron chi connectivity index (χ4n) is 2.87. The van der Waals surface area contributed by atoms with Crippen molar-refractivity contribution in [3.8, 4) is 0 Å². The molecule has 0 aromatic heterocycles. The molecule has 0 aliphatic carbocycles. The second kappa shape index (κ2) is 6.73. The molecule has 0 saturated carbocycles. The molecule has 1 saturated heterocycles. The van der Waals surface area contributed by atoms with E-state index >= 15 is 0 Å². The quantitative estimate of drug-likeness (QED) is 0.744. The maximum atomic E-state index is 11.4. The van der Waals surface area contributed by atoms with Crippen molar-refractivity contribution < 1.29 is 14.7 Å².